The van der Waals surface area contributed by atoms with Crippen LogP contribution in [-0.2, 0) is 0 Å². The van der Waals surface area contributed by atoms with E-state index in [4.69, 9.17) is 5.73 Å². The summed E-state index contributed by atoms with van der Waals surface area (Å²) in [6.07, 6.45) is 32.7. The van der Waals surface area contributed by atoms with Crippen molar-refractivity contribution < 1.29 is 0 Å². The first kappa shape index (κ1) is 32.8. The molecule has 2 rings (SSSR count). The lowest BCUT2D eigenvalue weighted by molar-refractivity contribution is 0.412. The fourth-order valence-electron chi connectivity index (χ4n) is 5.59. The summed E-state index contributed by atoms with van der Waals surface area (Å²) in [5.41, 5.74) is 8.34. The topological polar surface area (TPSA) is 29.3 Å². The minimum absolute atomic E-state index is 0.704. The molecule has 0 radical (unpaired) electrons. The van der Waals surface area contributed by atoms with Crippen LogP contribution < -0.4 is 10.6 Å². The second-order valence-corrected chi connectivity index (χ2v) is 11.3. The fraction of sp³-hybridized carbons (Fsp3) is 0.824. The number of hydrogen-bond donors (Lipinski definition) is 1. The lowest BCUT2D eigenvalue weighted by atomic mass is 9.93. The summed E-state index contributed by atoms with van der Waals surface area (Å²) in [6.45, 7) is 7.99. The Bertz CT molecular complexity index is 562. The summed E-state index contributed by atoms with van der Waals surface area (Å²) < 4.78 is 0. The Kier molecular flexibility index (Phi) is 22.1. The van der Waals surface area contributed by atoms with Gasteiger partial charge in [-0.1, -0.05) is 161 Å². The summed E-state index contributed by atoms with van der Waals surface area (Å²) in [6, 6.07) is 9.04. The Labute approximate surface area is 227 Å². The molecule has 210 valence electrons. The highest BCUT2D eigenvalue weighted by Gasteiger charge is 2.22. The van der Waals surface area contributed by atoms with Gasteiger partial charge in [0.05, 0.1) is 11.4 Å². The first-order valence-corrected chi connectivity index (χ1v) is 16.4. The predicted octanol–water partition coefficient (Wildman–Crippen LogP) is 11.5. The zero-order chi connectivity index (χ0) is 26.1. The van der Waals surface area contributed by atoms with Gasteiger partial charge in [-0.05, 0) is 31.4 Å². The van der Waals surface area contributed by atoms with Crippen molar-refractivity contribution in [3.05, 3.63) is 24.3 Å². The smallest absolute Gasteiger partial charge is 0.0602 e. The zero-order valence-electron chi connectivity index (χ0n) is 24.9. The summed E-state index contributed by atoms with van der Waals surface area (Å²) >= 11 is 0. The molecule has 2 N–H and O–H groups in total. The van der Waals surface area contributed by atoms with Crippen LogP contribution in [0.2, 0.25) is 0 Å². The number of anilines is 2. The van der Waals surface area contributed by atoms with Gasteiger partial charge in [-0.2, -0.15) is 0 Å². The monoisotopic (exact) mass is 501 g/mol. The van der Waals surface area contributed by atoms with E-state index in [1.165, 1.54) is 153 Å². The highest BCUT2D eigenvalue weighted by atomic mass is 15.2. The molecule has 0 spiro atoms. The standard InChI is InChI=1S/C18H38.C16H26N2/c1-3-5-7-9-11-13-15-17-18-16-14-12-10-8-6-4-2;1-2-3-13-18(14-9-5-4-6-10-14)16-12-8-7-11-15(16)17/h3-18H2,1-2H3;7-8,11-12,14H,2-6,9-10,13,17H2,1H3. The Hall–Kier alpha value is -1.18. The lowest BCUT2D eigenvalue weighted by Gasteiger charge is -2.37. The second-order valence-electron chi connectivity index (χ2n) is 11.3. The van der Waals surface area contributed by atoms with Gasteiger partial charge in [0.1, 0.15) is 0 Å². The molecule has 1 aromatic carbocycles. The van der Waals surface area contributed by atoms with Gasteiger partial charge in [0, 0.05) is 12.6 Å². The maximum absolute atomic E-state index is 6.16. The molecular formula is C34H64N2. The van der Waals surface area contributed by atoms with Crippen molar-refractivity contribution in [2.24, 2.45) is 0 Å². The van der Waals surface area contributed by atoms with Gasteiger partial charge in [-0.25, -0.2) is 0 Å². The molecule has 1 aromatic rings. The Morgan fingerprint density at radius 2 is 1.00 bits per heavy atom. The molecule has 1 fully saturated rings. The quantitative estimate of drug-likeness (QED) is 0.142. The van der Waals surface area contributed by atoms with Gasteiger partial charge >= 0.3 is 0 Å². The molecule has 0 aromatic heterocycles. The molecule has 0 bridgehead atoms. The first-order valence-electron chi connectivity index (χ1n) is 16.4. The van der Waals surface area contributed by atoms with Crippen molar-refractivity contribution in [3.63, 3.8) is 0 Å². The summed E-state index contributed by atoms with van der Waals surface area (Å²) in [4.78, 5) is 2.57. The number of rotatable bonds is 20. The molecule has 2 heteroatoms. The highest BCUT2D eigenvalue weighted by Crippen LogP contribution is 2.31. The van der Waals surface area contributed by atoms with Gasteiger partial charge in [0.2, 0.25) is 0 Å². The minimum Gasteiger partial charge on any atom is -0.397 e. The largest absolute Gasteiger partial charge is 0.397 e. The van der Waals surface area contributed by atoms with E-state index in [1.807, 2.05) is 12.1 Å². The van der Waals surface area contributed by atoms with E-state index in [-0.39, 0.29) is 0 Å². The van der Waals surface area contributed by atoms with Gasteiger partial charge in [0.15, 0.2) is 0 Å². The third-order valence-electron chi connectivity index (χ3n) is 7.97. The van der Waals surface area contributed by atoms with E-state index in [0.717, 1.165) is 12.2 Å². The molecule has 36 heavy (non-hydrogen) atoms. The van der Waals surface area contributed by atoms with Gasteiger partial charge in [0.25, 0.3) is 0 Å². The Morgan fingerprint density at radius 1 is 0.583 bits per heavy atom. The summed E-state index contributed by atoms with van der Waals surface area (Å²) in [7, 11) is 0. The molecule has 1 aliphatic rings. The van der Waals surface area contributed by atoms with E-state index < -0.39 is 0 Å². The lowest BCUT2D eigenvalue weighted by Crippen LogP contribution is -2.38. The van der Waals surface area contributed by atoms with Gasteiger partial charge in [-0.3, -0.25) is 0 Å². The van der Waals surface area contributed by atoms with Crippen LogP contribution in [0.3, 0.4) is 0 Å². The highest BCUT2D eigenvalue weighted by molar-refractivity contribution is 5.67. The van der Waals surface area contributed by atoms with Gasteiger partial charge < -0.3 is 10.6 Å². The number of nitrogen functional groups attached to an aromatic ring is 1. The third-order valence-corrected chi connectivity index (χ3v) is 7.97. The zero-order valence-corrected chi connectivity index (χ0v) is 24.9. The van der Waals surface area contributed by atoms with Crippen LogP contribution in [0.4, 0.5) is 11.4 Å². The number of para-hydroxylation sites is 2. The predicted molar refractivity (Wildman–Crippen MR) is 165 cm³/mol. The Morgan fingerprint density at radius 3 is 1.42 bits per heavy atom. The molecular weight excluding hydrogens is 436 g/mol. The molecule has 0 aliphatic heterocycles. The maximum Gasteiger partial charge on any atom is 0.0602 e. The number of hydrogen-bond acceptors (Lipinski definition) is 2. The van der Waals surface area contributed by atoms with Crippen LogP contribution in [0.5, 0.6) is 0 Å². The first-order chi connectivity index (χ1) is 17.7. The molecule has 0 saturated heterocycles. The van der Waals surface area contributed by atoms with Crippen LogP contribution >= 0.6 is 0 Å². The van der Waals surface area contributed by atoms with E-state index in [2.05, 4.69) is 37.8 Å². The second kappa shape index (κ2) is 24.2. The average molecular weight is 501 g/mol. The average Bonchev–Trinajstić information content (AvgIpc) is 2.91. The molecule has 2 nitrogen and oxygen atoms in total. The van der Waals surface area contributed by atoms with Crippen molar-refractivity contribution in [2.75, 3.05) is 17.2 Å². The van der Waals surface area contributed by atoms with Crippen LogP contribution in [0, 0.1) is 0 Å². The summed E-state index contributed by atoms with van der Waals surface area (Å²) in [5, 5.41) is 0. The molecule has 0 atom stereocenters. The van der Waals surface area contributed by atoms with Crippen LogP contribution in [0.25, 0.3) is 0 Å². The summed E-state index contributed by atoms with van der Waals surface area (Å²) in [5.74, 6) is 0. The molecule has 0 heterocycles. The van der Waals surface area contributed by atoms with Crippen molar-refractivity contribution in [3.8, 4) is 0 Å². The van der Waals surface area contributed by atoms with Crippen molar-refractivity contribution >= 4 is 11.4 Å². The van der Waals surface area contributed by atoms with Crippen LogP contribution in [0.15, 0.2) is 24.3 Å². The maximum atomic E-state index is 6.16. The third kappa shape index (κ3) is 16.5. The minimum atomic E-state index is 0.704. The molecule has 0 amide bonds. The van der Waals surface area contributed by atoms with Crippen LogP contribution in [0.1, 0.15) is 168 Å². The molecule has 1 saturated carbocycles. The van der Waals surface area contributed by atoms with E-state index >= 15 is 0 Å². The number of benzene rings is 1. The van der Waals surface area contributed by atoms with Crippen molar-refractivity contribution in [1.82, 2.24) is 0 Å². The van der Waals surface area contributed by atoms with Crippen molar-refractivity contribution in [2.45, 2.75) is 174 Å². The van der Waals surface area contributed by atoms with Gasteiger partial charge in [-0.15, -0.1) is 0 Å². The SMILES string of the molecule is CCCCCCCCCCCCCCCCCC.CCCCN(c1ccccc1N)C1CCCCC1. The Balaban J connectivity index is 0.000000360. The molecule has 1 aliphatic carbocycles. The van der Waals surface area contributed by atoms with E-state index in [9.17, 15) is 0 Å². The molecule has 0 unspecified atom stereocenters. The fourth-order valence-corrected chi connectivity index (χ4v) is 5.59. The van der Waals surface area contributed by atoms with Crippen molar-refractivity contribution in [1.29, 1.82) is 0 Å². The normalized spacial score (nSPS) is 13.9. The number of unbranched alkanes of at least 4 members (excludes halogenated alkanes) is 16. The van der Waals surface area contributed by atoms with Crippen LogP contribution in [-0.4, -0.2) is 12.6 Å². The number of nitrogens with zero attached hydrogens (tertiary/aromatic N) is 1. The van der Waals surface area contributed by atoms with E-state index in [1.54, 1.807) is 0 Å². The van der Waals surface area contributed by atoms with E-state index in [0.29, 0.717) is 6.04 Å². The number of nitrogens with two attached hydrogens (primary N) is 1.